The highest BCUT2D eigenvalue weighted by Crippen LogP contribution is 2.19. The third-order valence-corrected chi connectivity index (χ3v) is 2.90. The highest BCUT2D eigenvalue weighted by atomic mass is 79.9. The lowest BCUT2D eigenvalue weighted by molar-refractivity contribution is -0.140. The van der Waals surface area contributed by atoms with Gasteiger partial charge in [0.25, 0.3) is 5.89 Å². The number of carbonyl (C=O) groups is 1. The van der Waals surface area contributed by atoms with Crippen LogP contribution in [0.25, 0.3) is 17.2 Å². The van der Waals surface area contributed by atoms with Gasteiger partial charge in [-0.2, -0.15) is 5.10 Å². The maximum absolute atomic E-state index is 11.1. The van der Waals surface area contributed by atoms with Gasteiger partial charge in [-0.25, -0.2) is 9.50 Å². The van der Waals surface area contributed by atoms with Crippen molar-refractivity contribution in [3.8, 4) is 11.6 Å². The van der Waals surface area contributed by atoms with E-state index in [1.165, 1.54) is 7.11 Å². The van der Waals surface area contributed by atoms with Gasteiger partial charge in [0.15, 0.2) is 11.3 Å². The van der Waals surface area contributed by atoms with Crippen LogP contribution in [0, 0.1) is 0 Å². The average molecular weight is 338 g/mol. The molecule has 0 radical (unpaired) electrons. The van der Waals surface area contributed by atoms with E-state index >= 15 is 0 Å². The third kappa shape index (κ3) is 2.39. The number of fused-ring (bicyclic) bond motifs is 1. The van der Waals surface area contributed by atoms with Crippen LogP contribution in [0.4, 0.5) is 0 Å². The van der Waals surface area contributed by atoms with Crippen LogP contribution in [0.5, 0.6) is 0 Å². The summed E-state index contributed by atoms with van der Waals surface area (Å²) < 4.78 is 12.3. The maximum atomic E-state index is 11.1. The molecule has 0 fully saturated rings. The van der Waals surface area contributed by atoms with Gasteiger partial charge in [0.05, 0.1) is 11.6 Å². The van der Waals surface area contributed by atoms with Crippen LogP contribution in [0.3, 0.4) is 0 Å². The van der Waals surface area contributed by atoms with Gasteiger partial charge in [-0.1, -0.05) is 0 Å². The lowest BCUT2D eigenvalue weighted by Crippen LogP contribution is -2.04. The third-order valence-electron chi connectivity index (χ3n) is 2.49. The number of hydrogen-bond donors (Lipinski definition) is 0. The molecule has 0 saturated carbocycles. The number of halogens is 1. The molecule has 3 aromatic rings. The fourth-order valence-electron chi connectivity index (χ4n) is 1.58. The molecule has 0 bridgehead atoms. The van der Waals surface area contributed by atoms with E-state index in [0.29, 0.717) is 11.3 Å². The van der Waals surface area contributed by atoms with Crippen molar-refractivity contribution >= 4 is 27.5 Å². The number of aromatic nitrogens is 5. The molecule has 3 aromatic heterocycles. The second-order valence-electron chi connectivity index (χ2n) is 3.86. The lowest BCUT2D eigenvalue weighted by Gasteiger charge is -1.92. The molecule has 8 nitrogen and oxygen atoms in total. The summed E-state index contributed by atoms with van der Waals surface area (Å²) >= 11 is 3.31. The largest absolute Gasteiger partial charge is 0.469 e. The summed E-state index contributed by atoms with van der Waals surface area (Å²) in [5.41, 5.74) is 1.13. The second kappa shape index (κ2) is 5.00. The number of methoxy groups -OCH3 is 1. The molecule has 3 heterocycles. The molecule has 0 spiro atoms. The smallest absolute Gasteiger partial charge is 0.315 e. The van der Waals surface area contributed by atoms with Crippen LogP contribution >= 0.6 is 15.9 Å². The van der Waals surface area contributed by atoms with Crippen molar-refractivity contribution < 1.29 is 13.9 Å². The van der Waals surface area contributed by atoms with Crippen LogP contribution < -0.4 is 0 Å². The maximum Gasteiger partial charge on any atom is 0.315 e. The Morgan fingerprint density at radius 1 is 1.50 bits per heavy atom. The lowest BCUT2D eigenvalue weighted by atomic mass is 10.4. The van der Waals surface area contributed by atoms with E-state index in [9.17, 15) is 4.79 Å². The predicted molar refractivity (Wildman–Crippen MR) is 69.7 cm³/mol. The van der Waals surface area contributed by atoms with Gasteiger partial charge in [-0.15, -0.1) is 10.2 Å². The first-order valence-electron chi connectivity index (χ1n) is 5.56. The van der Waals surface area contributed by atoms with Crippen molar-refractivity contribution in [3.05, 3.63) is 28.8 Å². The summed E-state index contributed by atoms with van der Waals surface area (Å²) in [5.74, 6) is -0.0376. The van der Waals surface area contributed by atoms with E-state index in [1.807, 2.05) is 0 Å². The molecule has 9 heteroatoms. The van der Waals surface area contributed by atoms with Crippen LogP contribution in [0.1, 0.15) is 5.89 Å². The summed E-state index contributed by atoms with van der Waals surface area (Å²) in [4.78, 5) is 15.3. The molecule has 20 heavy (non-hydrogen) atoms. The number of nitrogens with zero attached hydrogens (tertiary/aromatic N) is 5. The molecule has 0 aliphatic carbocycles. The molecule has 0 atom stereocenters. The average Bonchev–Trinajstić information content (AvgIpc) is 3.04. The normalized spacial score (nSPS) is 10.9. The quantitative estimate of drug-likeness (QED) is 0.663. The van der Waals surface area contributed by atoms with Gasteiger partial charge in [0.2, 0.25) is 5.89 Å². The Hall–Kier alpha value is -2.29. The summed E-state index contributed by atoms with van der Waals surface area (Å²) in [6.45, 7) is 0. The molecule has 0 N–H and O–H groups in total. The standard InChI is InChI=1S/C11H8BrN5O3/c1-19-10(18)3-9-14-15-11(20-9)7-2-8-13-4-6(12)5-17(8)16-7/h2,4-5H,3H2,1H3. The summed E-state index contributed by atoms with van der Waals surface area (Å²) in [5, 5.41) is 11.9. The van der Waals surface area contributed by atoms with Crippen LogP contribution in [-0.2, 0) is 16.0 Å². The first-order valence-corrected chi connectivity index (χ1v) is 6.35. The van der Waals surface area contributed by atoms with E-state index in [0.717, 1.165) is 4.47 Å². The van der Waals surface area contributed by atoms with Crippen molar-refractivity contribution in [1.82, 2.24) is 24.8 Å². The molecular formula is C11H8BrN5O3. The monoisotopic (exact) mass is 337 g/mol. The molecule has 102 valence electrons. The Balaban J connectivity index is 1.92. The fourth-order valence-corrected chi connectivity index (χ4v) is 1.88. The highest BCUT2D eigenvalue weighted by molar-refractivity contribution is 9.10. The Bertz CT molecular complexity index is 781. The van der Waals surface area contributed by atoms with Crippen molar-refractivity contribution in [3.63, 3.8) is 0 Å². The minimum Gasteiger partial charge on any atom is -0.469 e. The van der Waals surface area contributed by atoms with E-state index in [4.69, 9.17) is 4.42 Å². The zero-order valence-electron chi connectivity index (χ0n) is 10.3. The SMILES string of the molecule is COC(=O)Cc1nnc(-c2cc3ncc(Br)cn3n2)o1. The molecule has 0 amide bonds. The van der Waals surface area contributed by atoms with E-state index in [1.54, 1.807) is 23.0 Å². The first-order chi connectivity index (χ1) is 9.65. The van der Waals surface area contributed by atoms with E-state index in [-0.39, 0.29) is 18.2 Å². The van der Waals surface area contributed by atoms with E-state index < -0.39 is 5.97 Å². The van der Waals surface area contributed by atoms with Gasteiger partial charge in [-0.05, 0) is 15.9 Å². The van der Waals surface area contributed by atoms with Gasteiger partial charge in [-0.3, -0.25) is 4.79 Å². The molecule has 0 unspecified atom stereocenters. The van der Waals surface area contributed by atoms with Crippen molar-refractivity contribution in [1.29, 1.82) is 0 Å². The number of ether oxygens (including phenoxy) is 1. The number of esters is 1. The minimum atomic E-state index is -0.444. The number of hydrogen-bond acceptors (Lipinski definition) is 7. The van der Waals surface area contributed by atoms with Gasteiger partial charge in [0, 0.05) is 18.5 Å². The van der Waals surface area contributed by atoms with Crippen molar-refractivity contribution in [2.45, 2.75) is 6.42 Å². The van der Waals surface area contributed by atoms with Crippen molar-refractivity contribution in [2.24, 2.45) is 0 Å². The van der Waals surface area contributed by atoms with Crippen LogP contribution in [-0.4, -0.2) is 37.9 Å². The molecule has 0 aliphatic rings. The topological polar surface area (TPSA) is 95.4 Å². The van der Waals surface area contributed by atoms with Gasteiger partial charge < -0.3 is 9.15 Å². The molecule has 0 aromatic carbocycles. The van der Waals surface area contributed by atoms with Gasteiger partial charge >= 0.3 is 5.97 Å². The number of carbonyl (C=O) groups excluding carboxylic acids is 1. The Morgan fingerprint density at radius 3 is 3.15 bits per heavy atom. The fraction of sp³-hybridized carbons (Fsp3) is 0.182. The summed E-state index contributed by atoms with van der Waals surface area (Å²) in [6.07, 6.45) is 3.36. The zero-order valence-corrected chi connectivity index (χ0v) is 11.9. The predicted octanol–water partition coefficient (Wildman–Crippen LogP) is 1.26. The Kier molecular flexibility index (Phi) is 3.18. The molecule has 0 aliphatic heterocycles. The van der Waals surface area contributed by atoms with Crippen molar-refractivity contribution in [2.75, 3.05) is 7.11 Å². The van der Waals surface area contributed by atoms with E-state index in [2.05, 4.69) is 40.9 Å². The zero-order chi connectivity index (χ0) is 14.1. The summed E-state index contributed by atoms with van der Waals surface area (Å²) in [6, 6.07) is 1.71. The summed E-state index contributed by atoms with van der Waals surface area (Å²) in [7, 11) is 1.30. The van der Waals surface area contributed by atoms with Gasteiger partial charge in [0.1, 0.15) is 6.42 Å². The Labute approximate surface area is 120 Å². The second-order valence-corrected chi connectivity index (χ2v) is 4.77. The number of rotatable bonds is 3. The molecular weight excluding hydrogens is 330 g/mol. The molecule has 0 saturated heterocycles. The first kappa shape index (κ1) is 12.7. The Morgan fingerprint density at radius 2 is 2.35 bits per heavy atom. The van der Waals surface area contributed by atoms with Crippen LogP contribution in [0.15, 0.2) is 27.3 Å². The molecule has 3 rings (SSSR count). The highest BCUT2D eigenvalue weighted by Gasteiger charge is 2.15. The van der Waals surface area contributed by atoms with Crippen LogP contribution in [0.2, 0.25) is 0 Å². The minimum absolute atomic E-state index is 0.0688.